The average molecular weight is 437 g/mol. The fourth-order valence-corrected chi connectivity index (χ4v) is 3.16. The van der Waals surface area contributed by atoms with Crippen molar-refractivity contribution in [3.05, 3.63) is 0 Å². The van der Waals surface area contributed by atoms with Gasteiger partial charge in [-0.05, 0) is 67.2 Å². The first-order valence-corrected chi connectivity index (χ1v) is 12.8. The second-order valence-electron chi connectivity index (χ2n) is 9.20. The van der Waals surface area contributed by atoms with Crippen LogP contribution in [0, 0.1) is 0 Å². The Kier molecular flexibility index (Phi) is 26.9. The Morgan fingerprint density at radius 3 is 1.03 bits per heavy atom. The van der Waals surface area contributed by atoms with Crippen LogP contribution in [0.4, 0.5) is 4.39 Å². The molecule has 0 aliphatic carbocycles. The Hall–Kier alpha value is -0.190. The van der Waals surface area contributed by atoms with Crippen LogP contribution in [-0.4, -0.2) is 55.8 Å². The molecular formula is C26H59FNO2+. The summed E-state index contributed by atoms with van der Waals surface area (Å²) in [7, 11) is 0. The van der Waals surface area contributed by atoms with Gasteiger partial charge in [0.1, 0.15) is 5.67 Å². The van der Waals surface area contributed by atoms with Gasteiger partial charge in [-0.25, -0.2) is 4.39 Å². The monoisotopic (exact) mass is 436 g/mol. The third-order valence-electron chi connectivity index (χ3n) is 4.75. The number of rotatable bonds is 16. The van der Waals surface area contributed by atoms with E-state index in [2.05, 4.69) is 27.7 Å². The van der Waals surface area contributed by atoms with E-state index in [0.717, 1.165) is 13.2 Å². The minimum Gasteiger partial charge on any atom is -0.353 e. The highest BCUT2D eigenvalue weighted by Gasteiger charge is 2.24. The van der Waals surface area contributed by atoms with E-state index in [1.807, 2.05) is 20.8 Å². The zero-order chi connectivity index (χ0) is 23.9. The molecule has 0 rings (SSSR count). The summed E-state index contributed by atoms with van der Waals surface area (Å²) >= 11 is 0. The highest BCUT2D eigenvalue weighted by Crippen LogP contribution is 2.16. The lowest BCUT2D eigenvalue weighted by atomic mass is 10.1. The highest BCUT2D eigenvalue weighted by atomic mass is 19.1. The van der Waals surface area contributed by atoms with Gasteiger partial charge in [-0.3, -0.25) is 0 Å². The lowest BCUT2D eigenvalue weighted by molar-refractivity contribution is -0.929. The number of alkyl halides is 1. The van der Waals surface area contributed by atoms with Crippen molar-refractivity contribution in [2.45, 2.75) is 133 Å². The molecule has 186 valence electrons. The van der Waals surface area contributed by atoms with Gasteiger partial charge in [0.15, 0.2) is 6.29 Å². The van der Waals surface area contributed by atoms with Crippen LogP contribution in [0.5, 0.6) is 0 Å². The molecule has 0 aromatic carbocycles. The molecule has 0 fully saturated rings. The maximum absolute atomic E-state index is 11.7. The Balaban J connectivity index is -0.000000461. The quantitative estimate of drug-likeness (QED) is 0.179. The normalized spacial score (nSPS) is 11.6. The predicted octanol–water partition coefficient (Wildman–Crippen LogP) is 8.16. The molecule has 0 saturated heterocycles. The van der Waals surface area contributed by atoms with Crippen LogP contribution in [0.1, 0.15) is 121 Å². The minimum atomic E-state index is -1.00. The molecule has 0 heterocycles. The SMILES string of the molecule is CC(C)(C)F.CCCC[N+](CCCC)(CCCC)CCCC.CCOC(C)OCC. The Morgan fingerprint density at radius 1 is 0.633 bits per heavy atom. The second-order valence-corrected chi connectivity index (χ2v) is 9.20. The van der Waals surface area contributed by atoms with E-state index in [0.29, 0.717) is 0 Å². The summed E-state index contributed by atoms with van der Waals surface area (Å²) in [6, 6.07) is 0. The van der Waals surface area contributed by atoms with E-state index in [4.69, 9.17) is 9.47 Å². The summed E-state index contributed by atoms with van der Waals surface area (Å²) in [5, 5.41) is 0. The van der Waals surface area contributed by atoms with Crippen LogP contribution < -0.4 is 0 Å². The van der Waals surface area contributed by atoms with E-state index < -0.39 is 5.67 Å². The van der Waals surface area contributed by atoms with Crippen molar-refractivity contribution in [2.75, 3.05) is 39.4 Å². The van der Waals surface area contributed by atoms with Gasteiger partial charge >= 0.3 is 0 Å². The van der Waals surface area contributed by atoms with Gasteiger partial charge in [-0.1, -0.05) is 53.4 Å². The molecule has 0 atom stereocenters. The summed E-state index contributed by atoms with van der Waals surface area (Å²) < 4.78 is 23.2. The third-order valence-corrected chi connectivity index (χ3v) is 4.75. The molecule has 4 heteroatoms. The van der Waals surface area contributed by atoms with Crippen LogP contribution in [-0.2, 0) is 9.47 Å². The molecule has 0 amide bonds. The maximum atomic E-state index is 11.7. The number of ether oxygens (including phenoxy) is 2. The Bertz CT molecular complexity index is 269. The molecule has 0 aliphatic rings. The van der Waals surface area contributed by atoms with Gasteiger partial charge in [0, 0.05) is 13.2 Å². The molecule has 0 bridgehead atoms. The summed E-state index contributed by atoms with van der Waals surface area (Å²) in [6.45, 7) is 26.8. The van der Waals surface area contributed by atoms with Crippen molar-refractivity contribution in [1.29, 1.82) is 0 Å². The summed E-state index contributed by atoms with van der Waals surface area (Å²) in [6.07, 6.45) is 11.0. The molecule has 0 aromatic heterocycles. The van der Waals surface area contributed by atoms with Crippen LogP contribution in [0.15, 0.2) is 0 Å². The summed E-state index contributed by atoms with van der Waals surface area (Å²) in [5.74, 6) is 0. The lowest BCUT2D eigenvalue weighted by Crippen LogP contribution is -2.50. The van der Waals surface area contributed by atoms with Crippen LogP contribution in [0.25, 0.3) is 0 Å². The van der Waals surface area contributed by atoms with Crippen LogP contribution in [0.3, 0.4) is 0 Å². The standard InChI is InChI=1S/C16H36N.C6H14O2.C4H9F/c1-5-9-13-17(14-10-6-2,15-11-7-3)16-12-8-4;1-4-7-6(3)8-5-2;1-4(2,3)5/h5-16H2,1-4H3;6H,4-5H2,1-3H3;1-3H3/q+1;;. The van der Waals surface area contributed by atoms with Crippen molar-refractivity contribution in [3.63, 3.8) is 0 Å². The van der Waals surface area contributed by atoms with E-state index in [1.54, 1.807) is 0 Å². The minimum absolute atomic E-state index is 0.0370. The number of nitrogens with zero attached hydrogens (tertiary/aromatic N) is 1. The van der Waals surface area contributed by atoms with Gasteiger partial charge in [-0.2, -0.15) is 0 Å². The van der Waals surface area contributed by atoms with Crippen molar-refractivity contribution in [2.24, 2.45) is 0 Å². The average Bonchev–Trinajstić information content (AvgIpc) is 2.66. The third kappa shape index (κ3) is 30.0. The topological polar surface area (TPSA) is 18.5 Å². The predicted molar refractivity (Wildman–Crippen MR) is 133 cm³/mol. The zero-order valence-electron chi connectivity index (χ0n) is 22.6. The Labute approximate surface area is 190 Å². The molecule has 30 heavy (non-hydrogen) atoms. The first-order valence-electron chi connectivity index (χ1n) is 12.8. The summed E-state index contributed by atoms with van der Waals surface area (Å²) in [5.41, 5.74) is -1.00. The maximum Gasteiger partial charge on any atom is 0.154 e. The van der Waals surface area contributed by atoms with E-state index >= 15 is 0 Å². The highest BCUT2D eigenvalue weighted by molar-refractivity contribution is 4.52. The molecule has 0 unspecified atom stereocenters. The number of hydrogen-bond acceptors (Lipinski definition) is 2. The molecule has 0 saturated carbocycles. The van der Waals surface area contributed by atoms with E-state index in [9.17, 15) is 4.39 Å². The fourth-order valence-electron chi connectivity index (χ4n) is 3.16. The van der Waals surface area contributed by atoms with Gasteiger partial charge in [-0.15, -0.1) is 0 Å². The molecule has 0 N–H and O–H groups in total. The van der Waals surface area contributed by atoms with Crippen LogP contribution in [0.2, 0.25) is 0 Å². The molecular weight excluding hydrogens is 377 g/mol. The number of hydrogen-bond donors (Lipinski definition) is 0. The first-order chi connectivity index (χ1) is 14.1. The van der Waals surface area contributed by atoms with Gasteiger partial charge in [0.2, 0.25) is 0 Å². The van der Waals surface area contributed by atoms with Crippen molar-refractivity contribution >= 4 is 0 Å². The van der Waals surface area contributed by atoms with E-state index in [-0.39, 0.29) is 6.29 Å². The van der Waals surface area contributed by atoms with Gasteiger partial charge in [0.25, 0.3) is 0 Å². The van der Waals surface area contributed by atoms with Crippen LogP contribution >= 0.6 is 0 Å². The molecule has 0 aromatic rings. The Morgan fingerprint density at radius 2 is 0.867 bits per heavy atom. The van der Waals surface area contributed by atoms with Gasteiger partial charge in [0.05, 0.1) is 26.2 Å². The second kappa shape index (κ2) is 23.5. The lowest BCUT2D eigenvalue weighted by Gasteiger charge is -2.39. The smallest absolute Gasteiger partial charge is 0.154 e. The number of quaternary nitrogens is 1. The zero-order valence-corrected chi connectivity index (χ0v) is 22.6. The molecule has 0 spiro atoms. The molecule has 0 radical (unpaired) electrons. The van der Waals surface area contributed by atoms with Crippen molar-refractivity contribution < 1.29 is 18.3 Å². The van der Waals surface area contributed by atoms with E-state index in [1.165, 1.54) is 103 Å². The fraction of sp³-hybridized carbons (Fsp3) is 1.00. The van der Waals surface area contributed by atoms with Crippen molar-refractivity contribution in [3.8, 4) is 0 Å². The first kappa shape index (κ1) is 34.4. The number of unbranched alkanes of at least 4 members (excludes halogenated alkanes) is 4. The van der Waals surface area contributed by atoms with Crippen molar-refractivity contribution in [1.82, 2.24) is 0 Å². The van der Waals surface area contributed by atoms with Gasteiger partial charge < -0.3 is 14.0 Å². The number of halogens is 1. The summed E-state index contributed by atoms with van der Waals surface area (Å²) in [4.78, 5) is 0. The largest absolute Gasteiger partial charge is 0.353 e. The molecule has 0 aliphatic heterocycles. The molecule has 3 nitrogen and oxygen atoms in total.